The van der Waals surface area contributed by atoms with Crippen molar-refractivity contribution in [2.24, 2.45) is 0 Å². The van der Waals surface area contributed by atoms with E-state index >= 15 is 0 Å². The maximum atomic E-state index is 12.6. The third-order valence-corrected chi connectivity index (χ3v) is 6.24. The van der Waals surface area contributed by atoms with Crippen molar-refractivity contribution in [3.05, 3.63) is 56.6 Å². The van der Waals surface area contributed by atoms with Gasteiger partial charge in [0.15, 0.2) is 4.90 Å². The molecular weight excluding hydrogens is 348 g/mol. The Bertz CT molecular complexity index is 986. The second kappa shape index (κ2) is 6.21. The molecule has 0 aromatic carbocycles. The van der Waals surface area contributed by atoms with Gasteiger partial charge in [-0.25, -0.2) is 13.2 Å². The van der Waals surface area contributed by atoms with E-state index in [1.54, 1.807) is 12.3 Å². The Morgan fingerprint density at radius 2 is 1.92 bits per heavy atom. The van der Waals surface area contributed by atoms with Gasteiger partial charge in [-0.2, -0.15) is 4.31 Å². The van der Waals surface area contributed by atoms with E-state index in [0.29, 0.717) is 5.69 Å². The first-order chi connectivity index (χ1) is 11.7. The minimum Gasteiger partial charge on any atom is -0.383 e. The van der Waals surface area contributed by atoms with Crippen LogP contribution in [0.4, 0.5) is 0 Å². The molecule has 2 aromatic heterocycles. The molecule has 2 aromatic rings. The van der Waals surface area contributed by atoms with E-state index in [2.05, 4.69) is 9.97 Å². The lowest BCUT2D eigenvalue weighted by atomic mass is 9.88. The molecule has 1 saturated heterocycles. The van der Waals surface area contributed by atoms with Gasteiger partial charge in [-0.05, 0) is 31.4 Å². The van der Waals surface area contributed by atoms with Crippen LogP contribution >= 0.6 is 0 Å². The highest BCUT2D eigenvalue weighted by molar-refractivity contribution is 7.89. The summed E-state index contributed by atoms with van der Waals surface area (Å²) in [4.78, 5) is 30.6. The highest BCUT2D eigenvalue weighted by Crippen LogP contribution is 2.33. The molecule has 10 heteroatoms. The standard InChI is InChI=1S/C15H18N4O5S/c1-10-2-3-12(16-8-10)15(22)4-6-19(7-5-15)25(23,24)11-9-17-14(21)18-13(11)20/h2-3,8-9,22H,4-7H2,1H3,(H2,17,18,20,21). The van der Waals surface area contributed by atoms with Crippen molar-refractivity contribution >= 4 is 10.0 Å². The van der Waals surface area contributed by atoms with E-state index in [1.165, 1.54) is 0 Å². The molecular formula is C15H18N4O5S. The molecule has 0 saturated carbocycles. The van der Waals surface area contributed by atoms with Crippen LogP contribution in [0.5, 0.6) is 0 Å². The fraction of sp³-hybridized carbons (Fsp3) is 0.400. The third-order valence-electron chi connectivity index (χ3n) is 4.34. The van der Waals surface area contributed by atoms with Gasteiger partial charge in [-0.3, -0.25) is 14.8 Å². The number of aryl methyl sites for hydroxylation is 1. The predicted molar refractivity (Wildman–Crippen MR) is 88.5 cm³/mol. The van der Waals surface area contributed by atoms with Gasteiger partial charge in [-0.1, -0.05) is 6.07 Å². The molecule has 1 aliphatic heterocycles. The van der Waals surface area contributed by atoms with Crippen LogP contribution in [-0.4, -0.2) is 45.9 Å². The third kappa shape index (κ3) is 3.28. The number of hydrogen-bond acceptors (Lipinski definition) is 6. The van der Waals surface area contributed by atoms with Gasteiger partial charge in [-0.15, -0.1) is 0 Å². The van der Waals surface area contributed by atoms with Crippen LogP contribution in [0.1, 0.15) is 24.1 Å². The second-order valence-corrected chi connectivity index (χ2v) is 8.00. The molecule has 1 aliphatic rings. The Morgan fingerprint density at radius 3 is 2.48 bits per heavy atom. The Kier molecular flexibility index (Phi) is 4.35. The highest BCUT2D eigenvalue weighted by atomic mass is 32.2. The maximum Gasteiger partial charge on any atom is 0.325 e. The Morgan fingerprint density at radius 1 is 1.24 bits per heavy atom. The summed E-state index contributed by atoms with van der Waals surface area (Å²) in [5.41, 5.74) is -1.49. The van der Waals surface area contributed by atoms with Crippen molar-refractivity contribution in [1.29, 1.82) is 0 Å². The van der Waals surface area contributed by atoms with Gasteiger partial charge in [0.05, 0.1) is 5.69 Å². The zero-order chi connectivity index (χ0) is 18.2. The number of H-pyrrole nitrogens is 2. The number of aromatic amines is 2. The number of hydrogen-bond donors (Lipinski definition) is 3. The maximum absolute atomic E-state index is 12.6. The Labute approximate surface area is 143 Å². The summed E-state index contributed by atoms with van der Waals surface area (Å²) in [6.07, 6.45) is 2.85. The number of nitrogens with one attached hydrogen (secondary N) is 2. The molecule has 0 amide bonds. The summed E-state index contributed by atoms with van der Waals surface area (Å²) in [5.74, 6) is 0. The first-order valence-corrected chi connectivity index (χ1v) is 9.14. The lowest BCUT2D eigenvalue weighted by Gasteiger charge is -2.36. The molecule has 3 heterocycles. The quantitative estimate of drug-likeness (QED) is 0.666. The number of aliphatic hydroxyl groups is 1. The Hall–Kier alpha value is -2.30. The van der Waals surface area contributed by atoms with E-state index < -0.39 is 31.8 Å². The first kappa shape index (κ1) is 17.5. The van der Waals surface area contributed by atoms with Crippen molar-refractivity contribution in [2.75, 3.05) is 13.1 Å². The van der Waals surface area contributed by atoms with E-state index in [0.717, 1.165) is 16.1 Å². The van der Waals surface area contributed by atoms with Gasteiger partial charge < -0.3 is 10.1 Å². The summed E-state index contributed by atoms with van der Waals surface area (Å²) in [7, 11) is -4.06. The minimum absolute atomic E-state index is 0.0347. The van der Waals surface area contributed by atoms with Crippen molar-refractivity contribution < 1.29 is 13.5 Å². The minimum atomic E-state index is -4.06. The summed E-state index contributed by atoms with van der Waals surface area (Å²) in [5, 5.41) is 10.8. The zero-order valence-electron chi connectivity index (χ0n) is 13.5. The molecule has 3 rings (SSSR count). The van der Waals surface area contributed by atoms with Crippen LogP contribution in [0, 0.1) is 6.92 Å². The fourth-order valence-electron chi connectivity index (χ4n) is 2.82. The summed E-state index contributed by atoms with van der Waals surface area (Å²) < 4.78 is 26.3. The molecule has 0 unspecified atom stereocenters. The van der Waals surface area contributed by atoms with E-state index in [1.807, 2.05) is 18.0 Å². The molecule has 0 bridgehead atoms. The zero-order valence-corrected chi connectivity index (χ0v) is 14.3. The van der Waals surface area contributed by atoms with Crippen LogP contribution in [0.2, 0.25) is 0 Å². The predicted octanol–water partition coefficient (Wildman–Crippen LogP) is -0.561. The number of piperidine rings is 1. The molecule has 1 fully saturated rings. The van der Waals surface area contributed by atoms with Crippen molar-refractivity contribution in [3.63, 3.8) is 0 Å². The summed E-state index contributed by atoms with van der Waals surface area (Å²) >= 11 is 0. The molecule has 25 heavy (non-hydrogen) atoms. The molecule has 134 valence electrons. The summed E-state index contributed by atoms with van der Waals surface area (Å²) in [6, 6.07) is 3.56. The number of sulfonamides is 1. The second-order valence-electron chi connectivity index (χ2n) is 6.09. The van der Waals surface area contributed by atoms with Crippen LogP contribution in [-0.2, 0) is 15.6 Å². The van der Waals surface area contributed by atoms with Crippen LogP contribution in [0.3, 0.4) is 0 Å². The molecule has 0 atom stereocenters. The number of rotatable bonds is 3. The number of nitrogens with zero attached hydrogens (tertiary/aromatic N) is 2. The van der Waals surface area contributed by atoms with E-state index in [9.17, 15) is 23.1 Å². The number of pyridine rings is 1. The number of aromatic nitrogens is 3. The normalized spacial score (nSPS) is 18.2. The van der Waals surface area contributed by atoms with Gasteiger partial charge in [0.2, 0.25) is 10.0 Å². The lowest BCUT2D eigenvalue weighted by molar-refractivity contribution is -0.0134. The average molecular weight is 366 g/mol. The monoisotopic (exact) mass is 366 g/mol. The topological polar surface area (TPSA) is 136 Å². The van der Waals surface area contributed by atoms with Crippen molar-refractivity contribution in [2.45, 2.75) is 30.3 Å². The molecule has 0 aliphatic carbocycles. The SMILES string of the molecule is Cc1ccc(C2(O)CCN(S(=O)(=O)c3c[nH]c(=O)[nH]c3=O)CC2)nc1. The molecule has 9 nitrogen and oxygen atoms in total. The first-order valence-electron chi connectivity index (χ1n) is 7.70. The Balaban J connectivity index is 1.82. The van der Waals surface area contributed by atoms with Gasteiger partial charge >= 0.3 is 5.69 Å². The average Bonchev–Trinajstić information content (AvgIpc) is 2.55. The van der Waals surface area contributed by atoms with Crippen LogP contribution in [0.25, 0.3) is 0 Å². The molecule has 0 radical (unpaired) electrons. The molecule has 3 N–H and O–H groups in total. The molecule has 0 spiro atoms. The largest absolute Gasteiger partial charge is 0.383 e. The smallest absolute Gasteiger partial charge is 0.325 e. The van der Waals surface area contributed by atoms with Gasteiger partial charge in [0.25, 0.3) is 5.56 Å². The van der Waals surface area contributed by atoms with E-state index in [4.69, 9.17) is 0 Å². The van der Waals surface area contributed by atoms with Gasteiger partial charge in [0.1, 0.15) is 5.60 Å². The van der Waals surface area contributed by atoms with Crippen LogP contribution in [0.15, 0.2) is 39.0 Å². The van der Waals surface area contributed by atoms with Crippen molar-refractivity contribution in [3.8, 4) is 0 Å². The fourth-order valence-corrected chi connectivity index (χ4v) is 4.26. The van der Waals surface area contributed by atoms with Gasteiger partial charge in [0, 0.05) is 25.5 Å². The van der Waals surface area contributed by atoms with E-state index in [-0.39, 0.29) is 25.9 Å². The highest BCUT2D eigenvalue weighted by Gasteiger charge is 2.39. The van der Waals surface area contributed by atoms with Crippen molar-refractivity contribution in [1.82, 2.24) is 19.3 Å². The summed E-state index contributed by atoms with van der Waals surface area (Å²) in [6.45, 7) is 1.96. The van der Waals surface area contributed by atoms with Crippen LogP contribution < -0.4 is 11.2 Å². The lowest BCUT2D eigenvalue weighted by Crippen LogP contribution is -2.46.